The fourth-order valence-corrected chi connectivity index (χ4v) is 5.89. The number of amides is 1. The van der Waals surface area contributed by atoms with E-state index in [1.807, 2.05) is 16.2 Å². The van der Waals surface area contributed by atoms with E-state index in [0.717, 1.165) is 55.5 Å². The van der Waals surface area contributed by atoms with Gasteiger partial charge >= 0.3 is 0 Å². The van der Waals surface area contributed by atoms with Crippen LogP contribution in [0.3, 0.4) is 0 Å². The molecule has 1 saturated heterocycles. The van der Waals surface area contributed by atoms with Crippen LogP contribution in [0.4, 0.5) is 5.82 Å². The van der Waals surface area contributed by atoms with Crippen molar-refractivity contribution in [2.45, 2.75) is 57.4 Å². The Hall–Kier alpha value is -1.73. The number of carbonyl (C=O) groups is 1. The molecule has 1 amide bonds. The zero-order chi connectivity index (χ0) is 20.0. The molecule has 1 aliphatic heterocycles. The van der Waals surface area contributed by atoms with E-state index < -0.39 is 0 Å². The van der Waals surface area contributed by atoms with Crippen molar-refractivity contribution in [1.82, 2.24) is 19.8 Å². The molecule has 1 saturated carbocycles. The highest BCUT2D eigenvalue weighted by Crippen LogP contribution is 2.39. The van der Waals surface area contributed by atoms with Gasteiger partial charge in [0.15, 0.2) is 0 Å². The molecule has 5 rings (SSSR count). The maximum Gasteiger partial charge on any atom is 0.230 e. The van der Waals surface area contributed by atoms with Crippen LogP contribution in [0.1, 0.15) is 48.4 Å². The van der Waals surface area contributed by atoms with Crippen LogP contribution < -0.4 is 5.32 Å². The molecule has 6 nitrogen and oxygen atoms in total. The first-order chi connectivity index (χ1) is 14.1. The molecule has 2 fully saturated rings. The van der Waals surface area contributed by atoms with E-state index in [4.69, 9.17) is 9.97 Å². The van der Waals surface area contributed by atoms with E-state index in [9.17, 15) is 4.79 Å². The Kier molecular flexibility index (Phi) is 5.20. The number of thiophene rings is 1. The number of carbonyl (C=O) groups excluding carboxylic acids is 1. The monoisotopic (exact) mass is 413 g/mol. The van der Waals surface area contributed by atoms with Crippen molar-refractivity contribution in [2.75, 3.05) is 39.0 Å². The van der Waals surface area contributed by atoms with Crippen molar-refractivity contribution in [3.63, 3.8) is 0 Å². The first-order valence-electron chi connectivity index (χ1n) is 11.1. The van der Waals surface area contributed by atoms with Crippen LogP contribution >= 0.6 is 11.3 Å². The van der Waals surface area contributed by atoms with Crippen molar-refractivity contribution in [2.24, 2.45) is 5.92 Å². The Labute approximate surface area is 176 Å². The molecule has 1 N–H and O–H groups in total. The summed E-state index contributed by atoms with van der Waals surface area (Å²) >= 11 is 1.82. The van der Waals surface area contributed by atoms with Gasteiger partial charge in [0.05, 0.1) is 11.8 Å². The van der Waals surface area contributed by atoms with Crippen LogP contribution in [0, 0.1) is 5.92 Å². The van der Waals surface area contributed by atoms with Gasteiger partial charge in [-0.1, -0.05) is 0 Å². The molecule has 156 valence electrons. The topological polar surface area (TPSA) is 61.4 Å². The molecule has 0 unspecified atom stereocenters. The third kappa shape index (κ3) is 3.99. The number of aromatic nitrogens is 2. The van der Waals surface area contributed by atoms with Gasteiger partial charge in [0.1, 0.15) is 16.5 Å². The molecule has 0 aromatic carbocycles. The van der Waals surface area contributed by atoms with Gasteiger partial charge in [-0.15, -0.1) is 11.3 Å². The Morgan fingerprint density at radius 2 is 2.03 bits per heavy atom. The van der Waals surface area contributed by atoms with Crippen molar-refractivity contribution in [3.8, 4) is 0 Å². The van der Waals surface area contributed by atoms with E-state index in [1.165, 1.54) is 41.5 Å². The van der Waals surface area contributed by atoms with Gasteiger partial charge in [-0.3, -0.25) is 4.79 Å². The lowest BCUT2D eigenvalue weighted by Gasteiger charge is -2.20. The zero-order valence-electron chi connectivity index (χ0n) is 17.5. The fourth-order valence-electron chi connectivity index (χ4n) is 4.61. The second kappa shape index (κ2) is 7.84. The molecular formula is C22H31N5OS. The first kappa shape index (κ1) is 19.2. The molecule has 0 bridgehead atoms. The second-order valence-corrected chi connectivity index (χ2v) is 10.2. The summed E-state index contributed by atoms with van der Waals surface area (Å²) in [7, 11) is 4.18. The van der Waals surface area contributed by atoms with Gasteiger partial charge in [-0.05, 0) is 70.5 Å². The molecular weight excluding hydrogens is 382 g/mol. The third-order valence-electron chi connectivity index (χ3n) is 6.67. The van der Waals surface area contributed by atoms with E-state index in [2.05, 4.69) is 24.3 Å². The van der Waals surface area contributed by atoms with Gasteiger partial charge in [0, 0.05) is 30.6 Å². The number of likely N-dealkylation sites (N-methyl/N-ethyl adjacent to an activating group) is 1. The SMILES string of the molecule is CN(C)[C@@H]1CCN(C(=O)Cc2nc(NCC3CC3)c3c4c(sc3n2)CCCC4)C1. The minimum atomic E-state index is 0.156. The van der Waals surface area contributed by atoms with Crippen LogP contribution in [0.25, 0.3) is 10.2 Å². The van der Waals surface area contributed by atoms with Crippen LogP contribution in [0.5, 0.6) is 0 Å². The molecule has 2 aliphatic carbocycles. The number of hydrogen-bond donors (Lipinski definition) is 1. The van der Waals surface area contributed by atoms with E-state index in [-0.39, 0.29) is 5.91 Å². The van der Waals surface area contributed by atoms with E-state index >= 15 is 0 Å². The molecule has 29 heavy (non-hydrogen) atoms. The Morgan fingerprint density at radius 3 is 2.79 bits per heavy atom. The van der Waals surface area contributed by atoms with E-state index in [0.29, 0.717) is 18.3 Å². The summed E-state index contributed by atoms with van der Waals surface area (Å²) in [4.78, 5) is 29.4. The molecule has 0 spiro atoms. The van der Waals surface area contributed by atoms with Crippen LogP contribution in [-0.4, -0.2) is 65.4 Å². The maximum absolute atomic E-state index is 12.9. The Morgan fingerprint density at radius 1 is 1.21 bits per heavy atom. The smallest absolute Gasteiger partial charge is 0.230 e. The molecule has 2 aromatic heterocycles. The summed E-state index contributed by atoms with van der Waals surface area (Å²) in [6.45, 7) is 2.64. The standard InChI is InChI=1S/C22H31N5OS/c1-26(2)15-9-10-27(13-15)19(28)11-18-24-21(23-12-14-7-8-14)20-16-5-3-4-6-17(16)29-22(20)25-18/h14-15H,3-13H2,1-2H3,(H,23,24,25)/t15-/m1/s1. The fraction of sp³-hybridized carbons (Fsp3) is 0.682. The number of nitrogens with one attached hydrogen (secondary N) is 1. The largest absolute Gasteiger partial charge is 0.369 e. The van der Waals surface area contributed by atoms with Gasteiger partial charge < -0.3 is 15.1 Å². The van der Waals surface area contributed by atoms with Crippen molar-refractivity contribution in [1.29, 1.82) is 0 Å². The highest BCUT2D eigenvalue weighted by molar-refractivity contribution is 7.19. The second-order valence-electron chi connectivity index (χ2n) is 9.13. The van der Waals surface area contributed by atoms with Crippen molar-refractivity contribution < 1.29 is 4.79 Å². The minimum absolute atomic E-state index is 0.156. The number of hydrogen-bond acceptors (Lipinski definition) is 6. The van der Waals surface area contributed by atoms with Crippen LogP contribution in [0.2, 0.25) is 0 Å². The van der Waals surface area contributed by atoms with Crippen LogP contribution in [-0.2, 0) is 24.1 Å². The summed E-state index contributed by atoms with van der Waals surface area (Å²) in [5, 5.41) is 4.85. The van der Waals surface area contributed by atoms with Gasteiger partial charge in [-0.25, -0.2) is 9.97 Å². The van der Waals surface area contributed by atoms with Gasteiger partial charge in [0.2, 0.25) is 5.91 Å². The zero-order valence-corrected chi connectivity index (χ0v) is 18.4. The number of nitrogens with zero attached hydrogens (tertiary/aromatic N) is 4. The van der Waals surface area contributed by atoms with Crippen LogP contribution in [0.15, 0.2) is 0 Å². The molecule has 3 heterocycles. The summed E-state index contributed by atoms with van der Waals surface area (Å²) < 4.78 is 0. The summed E-state index contributed by atoms with van der Waals surface area (Å²) in [5.74, 6) is 2.58. The van der Waals surface area contributed by atoms with E-state index in [1.54, 1.807) is 0 Å². The number of fused-ring (bicyclic) bond motifs is 3. The van der Waals surface area contributed by atoms with Crippen molar-refractivity contribution >= 4 is 33.3 Å². The van der Waals surface area contributed by atoms with Gasteiger partial charge in [0.25, 0.3) is 0 Å². The molecule has 1 atom stereocenters. The molecule has 0 radical (unpaired) electrons. The highest BCUT2D eigenvalue weighted by Gasteiger charge is 2.29. The predicted molar refractivity (Wildman–Crippen MR) is 118 cm³/mol. The Balaban J connectivity index is 1.40. The maximum atomic E-state index is 12.9. The lowest BCUT2D eigenvalue weighted by molar-refractivity contribution is -0.129. The van der Waals surface area contributed by atoms with Crippen molar-refractivity contribution in [3.05, 3.63) is 16.3 Å². The first-order valence-corrected chi connectivity index (χ1v) is 11.9. The highest BCUT2D eigenvalue weighted by atomic mass is 32.1. The summed E-state index contributed by atoms with van der Waals surface area (Å²) in [6, 6.07) is 0.460. The number of anilines is 1. The lowest BCUT2D eigenvalue weighted by Crippen LogP contribution is -2.35. The number of rotatable bonds is 6. The third-order valence-corrected chi connectivity index (χ3v) is 7.86. The quantitative estimate of drug-likeness (QED) is 0.789. The molecule has 7 heteroatoms. The summed E-state index contributed by atoms with van der Waals surface area (Å²) in [6.07, 6.45) is 8.80. The average Bonchev–Trinajstić information content (AvgIpc) is 3.25. The summed E-state index contributed by atoms with van der Waals surface area (Å²) in [5.41, 5.74) is 1.46. The average molecular weight is 414 g/mol. The Bertz CT molecular complexity index is 920. The van der Waals surface area contributed by atoms with Gasteiger partial charge in [-0.2, -0.15) is 0 Å². The molecule has 3 aliphatic rings. The minimum Gasteiger partial charge on any atom is -0.369 e. The lowest BCUT2D eigenvalue weighted by atomic mass is 9.97. The number of likely N-dealkylation sites (tertiary alicyclic amines) is 1. The molecule has 2 aromatic rings. The number of aryl methyl sites for hydroxylation is 2. The predicted octanol–water partition coefficient (Wildman–Crippen LogP) is 3.10. The normalized spacial score (nSPS) is 21.8.